The number of carbonyl (C=O) groups is 1. The second-order valence-electron chi connectivity index (χ2n) is 4.83. The Hall–Kier alpha value is -0.240. The van der Waals surface area contributed by atoms with E-state index in [0.29, 0.717) is 17.8 Å². The van der Waals surface area contributed by atoms with Crippen molar-refractivity contribution in [1.29, 1.82) is 0 Å². The molecule has 1 rings (SSSR count). The van der Waals surface area contributed by atoms with Crippen LogP contribution in [-0.4, -0.2) is 17.3 Å². The van der Waals surface area contributed by atoms with Gasteiger partial charge in [0.2, 0.25) is 5.91 Å². The van der Waals surface area contributed by atoms with Crippen molar-refractivity contribution in [3.63, 3.8) is 0 Å². The van der Waals surface area contributed by atoms with Crippen molar-refractivity contribution in [1.82, 2.24) is 5.32 Å². The number of unbranched alkanes of at least 4 members (excludes halogenated alkanes) is 3. The minimum Gasteiger partial charge on any atom is -0.353 e. The van der Waals surface area contributed by atoms with Crippen LogP contribution in [0.5, 0.6) is 0 Å². The quantitative estimate of drug-likeness (QED) is 0.562. The molecule has 0 unspecified atom stereocenters. The summed E-state index contributed by atoms with van der Waals surface area (Å²) >= 11 is 6.02. The van der Waals surface area contributed by atoms with Crippen LogP contribution in [-0.2, 0) is 4.79 Å². The zero-order valence-electron chi connectivity index (χ0n) is 10.3. The molecule has 1 N–H and O–H groups in total. The summed E-state index contributed by atoms with van der Waals surface area (Å²) in [5.74, 6) is 0.231. The van der Waals surface area contributed by atoms with Crippen LogP contribution >= 0.6 is 11.6 Å². The summed E-state index contributed by atoms with van der Waals surface area (Å²) in [6.45, 7) is 2.19. The fourth-order valence-electron chi connectivity index (χ4n) is 2.21. The highest BCUT2D eigenvalue weighted by molar-refractivity contribution is 6.20. The van der Waals surface area contributed by atoms with Gasteiger partial charge in [-0.1, -0.05) is 26.2 Å². The van der Waals surface area contributed by atoms with Gasteiger partial charge in [0.1, 0.15) is 0 Å². The van der Waals surface area contributed by atoms with Gasteiger partial charge in [-0.25, -0.2) is 0 Å². The van der Waals surface area contributed by atoms with Crippen molar-refractivity contribution in [3.05, 3.63) is 0 Å². The van der Waals surface area contributed by atoms with Gasteiger partial charge in [-0.3, -0.25) is 4.79 Å². The van der Waals surface area contributed by atoms with Gasteiger partial charge in [-0.2, -0.15) is 0 Å². The Morgan fingerprint density at radius 3 is 2.50 bits per heavy atom. The molecule has 0 radical (unpaired) electrons. The van der Waals surface area contributed by atoms with E-state index in [1.54, 1.807) is 0 Å². The highest BCUT2D eigenvalue weighted by Gasteiger charge is 2.20. The number of alkyl halides is 1. The smallest absolute Gasteiger partial charge is 0.220 e. The second-order valence-corrected chi connectivity index (χ2v) is 5.44. The van der Waals surface area contributed by atoms with Gasteiger partial charge >= 0.3 is 0 Å². The van der Waals surface area contributed by atoms with E-state index in [0.717, 1.165) is 32.1 Å². The monoisotopic (exact) mass is 245 g/mol. The number of hydrogen-bond donors (Lipinski definition) is 1. The van der Waals surface area contributed by atoms with Crippen LogP contribution in [0.2, 0.25) is 0 Å². The summed E-state index contributed by atoms with van der Waals surface area (Å²) in [6, 6.07) is 0.383. The number of hydrogen-bond acceptors (Lipinski definition) is 1. The summed E-state index contributed by atoms with van der Waals surface area (Å²) in [4.78, 5) is 11.6. The minimum absolute atomic E-state index is 0.231. The molecule has 0 aromatic rings. The second kappa shape index (κ2) is 7.94. The lowest BCUT2D eigenvalue weighted by Crippen LogP contribution is -2.37. The number of rotatable bonds is 6. The molecule has 0 saturated heterocycles. The molecule has 0 aliphatic heterocycles. The van der Waals surface area contributed by atoms with Gasteiger partial charge in [0.15, 0.2) is 0 Å². The summed E-state index contributed by atoms with van der Waals surface area (Å²) in [7, 11) is 0. The molecule has 0 atom stereocenters. The first-order valence-corrected chi connectivity index (χ1v) is 7.09. The summed E-state index contributed by atoms with van der Waals surface area (Å²) in [5.41, 5.74) is 0. The summed E-state index contributed by atoms with van der Waals surface area (Å²) < 4.78 is 0. The number of nitrogens with one attached hydrogen (secondary N) is 1. The minimum atomic E-state index is 0.231. The molecule has 94 valence electrons. The van der Waals surface area contributed by atoms with Gasteiger partial charge in [0.05, 0.1) is 0 Å². The predicted octanol–water partition coefficient (Wildman–Crippen LogP) is 3.62. The molecular weight excluding hydrogens is 222 g/mol. The average molecular weight is 246 g/mol. The molecule has 0 aromatic carbocycles. The van der Waals surface area contributed by atoms with Crippen molar-refractivity contribution in [2.45, 2.75) is 76.1 Å². The van der Waals surface area contributed by atoms with E-state index in [1.807, 2.05) is 0 Å². The zero-order valence-corrected chi connectivity index (χ0v) is 11.1. The van der Waals surface area contributed by atoms with Gasteiger partial charge in [0, 0.05) is 17.8 Å². The highest BCUT2D eigenvalue weighted by atomic mass is 35.5. The summed E-state index contributed by atoms with van der Waals surface area (Å²) in [6.07, 6.45) is 9.56. The van der Waals surface area contributed by atoms with E-state index in [2.05, 4.69) is 12.2 Å². The first kappa shape index (κ1) is 13.8. The van der Waals surface area contributed by atoms with E-state index in [4.69, 9.17) is 11.6 Å². The van der Waals surface area contributed by atoms with Gasteiger partial charge < -0.3 is 5.32 Å². The van der Waals surface area contributed by atoms with Crippen molar-refractivity contribution in [2.75, 3.05) is 0 Å². The van der Waals surface area contributed by atoms with Crippen LogP contribution in [0, 0.1) is 0 Å². The molecule has 1 saturated carbocycles. The molecule has 3 heteroatoms. The van der Waals surface area contributed by atoms with E-state index < -0.39 is 0 Å². The van der Waals surface area contributed by atoms with E-state index in [-0.39, 0.29) is 5.91 Å². The van der Waals surface area contributed by atoms with Crippen molar-refractivity contribution in [2.24, 2.45) is 0 Å². The molecule has 0 aromatic heterocycles. The lowest BCUT2D eigenvalue weighted by molar-refractivity contribution is -0.122. The molecule has 1 aliphatic rings. The van der Waals surface area contributed by atoms with E-state index >= 15 is 0 Å². The summed E-state index contributed by atoms with van der Waals surface area (Å²) in [5, 5.41) is 3.45. The molecule has 0 bridgehead atoms. The Bertz CT molecular complexity index is 200. The Morgan fingerprint density at radius 2 is 1.88 bits per heavy atom. The predicted molar refractivity (Wildman–Crippen MR) is 68.8 cm³/mol. The topological polar surface area (TPSA) is 29.1 Å². The zero-order chi connectivity index (χ0) is 11.8. The molecule has 16 heavy (non-hydrogen) atoms. The SMILES string of the molecule is CCCCCCC(=O)NC1CCC(Cl)CC1. The first-order chi connectivity index (χ1) is 7.72. The standard InChI is InChI=1S/C13H24ClNO/c1-2-3-4-5-6-13(16)15-12-9-7-11(14)8-10-12/h11-12H,2-10H2,1H3,(H,15,16). The molecule has 0 heterocycles. The van der Waals surface area contributed by atoms with E-state index in [1.165, 1.54) is 19.3 Å². The average Bonchev–Trinajstić information content (AvgIpc) is 2.28. The molecule has 1 aliphatic carbocycles. The molecule has 0 spiro atoms. The van der Waals surface area contributed by atoms with Crippen LogP contribution in [0.3, 0.4) is 0 Å². The Morgan fingerprint density at radius 1 is 1.19 bits per heavy atom. The van der Waals surface area contributed by atoms with Gasteiger partial charge in [-0.15, -0.1) is 11.6 Å². The van der Waals surface area contributed by atoms with Crippen LogP contribution in [0.1, 0.15) is 64.7 Å². The third kappa shape index (κ3) is 5.74. The van der Waals surface area contributed by atoms with Crippen molar-refractivity contribution in [3.8, 4) is 0 Å². The Labute approximate surface area is 104 Å². The fourth-order valence-corrected chi connectivity index (χ4v) is 2.46. The third-order valence-corrected chi connectivity index (χ3v) is 3.72. The fraction of sp³-hybridized carbons (Fsp3) is 0.923. The maximum Gasteiger partial charge on any atom is 0.220 e. The molecule has 1 fully saturated rings. The maximum absolute atomic E-state index is 11.6. The van der Waals surface area contributed by atoms with Gasteiger partial charge in [-0.05, 0) is 32.1 Å². The lowest BCUT2D eigenvalue weighted by Gasteiger charge is -2.25. The number of carbonyl (C=O) groups excluding carboxylic acids is 1. The van der Waals surface area contributed by atoms with Gasteiger partial charge in [0.25, 0.3) is 0 Å². The normalized spacial score (nSPS) is 25.4. The molecular formula is C13H24ClNO. The number of halogens is 1. The van der Waals surface area contributed by atoms with Crippen LogP contribution in [0.25, 0.3) is 0 Å². The molecule has 1 amide bonds. The Kier molecular flexibility index (Phi) is 6.86. The first-order valence-electron chi connectivity index (χ1n) is 6.65. The van der Waals surface area contributed by atoms with Crippen molar-refractivity contribution < 1.29 is 4.79 Å². The molecule has 2 nitrogen and oxygen atoms in total. The Balaban J connectivity index is 2.05. The van der Waals surface area contributed by atoms with Crippen LogP contribution in [0.15, 0.2) is 0 Å². The largest absolute Gasteiger partial charge is 0.353 e. The maximum atomic E-state index is 11.6. The van der Waals surface area contributed by atoms with E-state index in [9.17, 15) is 4.79 Å². The van der Waals surface area contributed by atoms with Crippen LogP contribution in [0.4, 0.5) is 0 Å². The number of amides is 1. The highest BCUT2D eigenvalue weighted by Crippen LogP contribution is 2.22. The van der Waals surface area contributed by atoms with Crippen LogP contribution < -0.4 is 5.32 Å². The third-order valence-electron chi connectivity index (χ3n) is 3.28. The lowest BCUT2D eigenvalue weighted by atomic mass is 9.95. The van der Waals surface area contributed by atoms with Crippen molar-refractivity contribution >= 4 is 17.5 Å².